The normalized spacial score (nSPS) is 20.6. The molecule has 0 aromatic carbocycles. The quantitative estimate of drug-likeness (QED) is 0.733. The second kappa shape index (κ2) is 5.35. The maximum Gasteiger partial charge on any atom is 0.309 e. The predicted octanol–water partition coefficient (Wildman–Crippen LogP) is 1.30. The van der Waals surface area contributed by atoms with Gasteiger partial charge in [0.25, 0.3) is 0 Å². The van der Waals surface area contributed by atoms with Gasteiger partial charge in [0.05, 0.1) is 11.2 Å². The summed E-state index contributed by atoms with van der Waals surface area (Å²) in [6, 6.07) is 0. The molecule has 0 aromatic rings. The zero-order chi connectivity index (χ0) is 13.1. The highest BCUT2D eigenvalue weighted by Gasteiger charge is 2.29. The third kappa shape index (κ3) is 3.96. The number of unbranched alkanes of at least 4 members (excludes halogenated alkanes) is 1. The van der Waals surface area contributed by atoms with E-state index in [1.807, 2.05) is 0 Å². The van der Waals surface area contributed by atoms with Crippen molar-refractivity contribution in [1.82, 2.24) is 4.31 Å². The lowest BCUT2D eigenvalue weighted by atomic mass is 9.87. The molecule has 1 aliphatic heterocycles. The molecule has 100 valence electrons. The predicted molar refractivity (Wildman–Crippen MR) is 65.2 cm³/mol. The summed E-state index contributed by atoms with van der Waals surface area (Å²) in [4.78, 5) is 10.9. The number of rotatable bonds is 6. The Morgan fingerprint density at radius 2 is 2.00 bits per heavy atom. The molecule has 0 saturated carbocycles. The molecule has 0 aromatic heterocycles. The second-order valence-corrected chi connectivity index (χ2v) is 7.30. The molecule has 0 aliphatic carbocycles. The highest BCUT2D eigenvalue weighted by molar-refractivity contribution is 7.89. The third-order valence-electron chi connectivity index (χ3n) is 3.24. The van der Waals surface area contributed by atoms with Gasteiger partial charge in [0.2, 0.25) is 10.0 Å². The van der Waals surface area contributed by atoms with Gasteiger partial charge in [0, 0.05) is 13.1 Å². The minimum absolute atomic E-state index is 0.258. The highest BCUT2D eigenvalue weighted by atomic mass is 32.2. The maximum absolute atomic E-state index is 11.5. The van der Waals surface area contributed by atoms with E-state index in [9.17, 15) is 13.2 Å². The van der Waals surface area contributed by atoms with Gasteiger partial charge in [-0.15, -0.1) is 0 Å². The summed E-state index contributed by atoms with van der Waals surface area (Å²) in [5.74, 6) is -0.542. The Morgan fingerprint density at radius 3 is 2.47 bits per heavy atom. The van der Waals surface area contributed by atoms with Crippen LogP contribution in [0.2, 0.25) is 0 Å². The van der Waals surface area contributed by atoms with E-state index in [2.05, 4.69) is 0 Å². The molecule has 1 saturated heterocycles. The van der Waals surface area contributed by atoms with E-state index in [4.69, 9.17) is 5.11 Å². The summed E-state index contributed by atoms with van der Waals surface area (Å²) in [6.07, 6.45) is 2.76. The van der Waals surface area contributed by atoms with Gasteiger partial charge < -0.3 is 5.11 Å². The monoisotopic (exact) mass is 263 g/mol. The van der Waals surface area contributed by atoms with E-state index in [1.165, 1.54) is 4.31 Å². The number of carboxylic acid groups (broad SMARTS) is 1. The molecule has 0 amide bonds. The van der Waals surface area contributed by atoms with Crippen molar-refractivity contribution in [2.75, 3.05) is 18.8 Å². The lowest BCUT2D eigenvalue weighted by molar-refractivity contribution is -0.147. The second-order valence-electron chi connectivity index (χ2n) is 5.21. The van der Waals surface area contributed by atoms with Gasteiger partial charge in [-0.3, -0.25) is 4.79 Å². The van der Waals surface area contributed by atoms with Crippen molar-refractivity contribution in [1.29, 1.82) is 0 Å². The van der Waals surface area contributed by atoms with Crippen molar-refractivity contribution in [3.63, 3.8) is 0 Å². The van der Waals surface area contributed by atoms with Crippen LogP contribution >= 0.6 is 0 Å². The van der Waals surface area contributed by atoms with Crippen LogP contribution in [0.25, 0.3) is 0 Å². The molecule has 1 N–H and O–H groups in total. The molecule has 1 aliphatic rings. The SMILES string of the molecule is CC(C)(CCCCN1CCCS1(=O)=O)C(=O)O. The van der Waals surface area contributed by atoms with E-state index in [1.54, 1.807) is 13.8 Å². The fourth-order valence-corrected chi connectivity index (χ4v) is 3.47. The Hall–Kier alpha value is -0.620. The number of aliphatic carboxylic acids is 1. The average molecular weight is 263 g/mol. The van der Waals surface area contributed by atoms with Crippen LogP contribution < -0.4 is 0 Å². The van der Waals surface area contributed by atoms with Crippen LogP contribution in [0.15, 0.2) is 0 Å². The first-order chi connectivity index (χ1) is 7.76. The lowest BCUT2D eigenvalue weighted by Crippen LogP contribution is -2.27. The topological polar surface area (TPSA) is 74.7 Å². The molecule has 1 fully saturated rings. The Balaban J connectivity index is 2.28. The van der Waals surface area contributed by atoms with E-state index in [0.29, 0.717) is 25.9 Å². The zero-order valence-electron chi connectivity index (χ0n) is 10.5. The van der Waals surface area contributed by atoms with Crippen LogP contribution in [-0.4, -0.2) is 42.6 Å². The standard InChI is InChI=1S/C11H21NO4S/c1-11(2,10(13)14)6-3-4-7-12-8-5-9-17(12,15)16/h3-9H2,1-2H3,(H,13,14). The van der Waals surface area contributed by atoms with Gasteiger partial charge in [-0.05, 0) is 33.1 Å². The van der Waals surface area contributed by atoms with E-state index in [-0.39, 0.29) is 5.75 Å². The first-order valence-electron chi connectivity index (χ1n) is 5.97. The molecular formula is C11H21NO4S. The summed E-state index contributed by atoms with van der Waals surface area (Å²) in [5.41, 5.74) is -0.718. The lowest BCUT2D eigenvalue weighted by Gasteiger charge is -2.19. The Labute approximate surface area is 103 Å². The first-order valence-corrected chi connectivity index (χ1v) is 7.58. The van der Waals surface area contributed by atoms with Gasteiger partial charge in [-0.2, -0.15) is 0 Å². The highest BCUT2D eigenvalue weighted by Crippen LogP contribution is 2.24. The van der Waals surface area contributed by atoms with Crippen LogP contribution in [0, 0.1) is 5.41 Å². The summed E-state index contributed by atoms with van der Waals surface area (Å²) in [7, 11) is -3.00. The van der Waals surface area contributed by atoms with Gasteiger partial charge in [0.1, 0.15) is 0 Å². The Bertz CT molecular complexity index is 375. The van der Waals surface area contributed by atoms with Gasteiger partial charge in [-0.1, -0.05) is 6.42 Å². The van der Waals surface area contributed by atoms with E-state index in [0.717, 1.165) is 12.8 Å². The van der Waals surface area contributed by atoms with Crippen molar-refractivity contribution in [2.24, 2.45) is 5.41 Å². The molecule has 0 bridgehead atoms. The number of nitrogens with zero attached hydrogens (tertiary/aromatic N) is 1. The molecule has 5 nitrogen and oxygen atoms in total. The van der Waals surface area contributed by atoms with Gasteiger partial charge in [-0.25, -0.2) is 12.7 Å². The van der Waals surface area contributed by atoms with Crippen LogP contribution in [0.3, 0.4) is 0 Å². The van der Waals surface area contributed by atoms with Crippen molar-refractivity contribution in [3.8, 4) is 0 Å². The smallest absolute Gasteiger partial charge is 0.309 e. The van der Waals surface area contributed by atoms with Crippen molar-refractivity contribution in [3.05, 3.63) is 0 Å². The molecule has 0 unspecified atom stereocenters. The Kier molecular flexibility index (Phi) is 4.55. The van der Waals surface area contributed by atoms with Crippen LogP contribution in [-0.2, 0) is 14.8 Å². The largest absolute Gasteiger partial charge is 0.481 e. The summed E-state index contributed by atoms with van der Waals surface area (Å²) in [5, 5.41) is 8.93. The zero-order valence-corrected chi connectivity index (χ0v) is 11.3. The molecule has 1 heterocycles. The van der Waals surface area contributed by atoms with Crippen molar-refractivity contribution < 1.29 is 18.3 Å². The van der Waals surface area contributed by atoms with Crippen molar-refractivity contribution in [2.45, 2.75) is 39.5 Å². The molecule has 0 spiro atoms. The molecule has 6 heteroatoms. The molecule has 17 heavy (non-hydrogen) atoms. The van der Waals surface area contributed by atoms with E-state index < -0.39 is 21.4 Å². The number of carboxylic acids is 1. The van der Waals surface area contributed by atoms with Gasteiger partial charge >= 0.3 is 5.97 Å². The minimum Gasteiger partial charge on any atom is -0.481 e. The third-order valence-corrected chi connectivity index (χ3v) is 5.20. The average Bonchev–Trinajstić information content (AvgIpc) is 2.52. The van der Waals surface area contributed by atoms with Crippen LogP contribution in [0.5, 0.6) is 0 Å². The van der Waals surface area contributed by atoms with E-state index >= 15 is 0 Å². The number of hydrogen-bond acceptors (Lipinski definition) is 3. The summed E-state index contributed by atoms with van der Waals surface area (Å²) in [6.45, 7) is 4.53. The fraction of sp³-hybridized carbons (Fsp3) is 0.909. The molecule has 0 atom stereocenters. The fourth-order valence-electron chi connectivity index (χ4n) is 1.90. The minimum atomic E-state index is -3.00. The molecular weight excluding hydrogens is 242 g/mol. The number of hydrogen-bond donors (Lipinski definition) is 1. The first kappa shape index (κ1) is 14.4. The summed E-state index contributed by atoms with van der Waals surface area (Å²) >= 11 is 0. The summed E-state index contributed by atoms with van der Waals surface area (Å²) < 4.78 is 24.5. The number of carbonyl (C=O) groups is 1. The Morgan fingerprint density at radius 1 is 1.35 bits per heavy atom. The number of sulfonamides is 1. The van der Waals surface area contributed by atoms with Crippen molar-refractivity contribution >= 4 is 16.0 Å². The van der Waals surface area contributed by atoms with Crippen LogP contribution in [0.4, 0.5) is 0 Å². The molecule has 1 rings (SSSR count). The maximum atomic E-state index is 11.5. The van der Waals surface area contributed by atoms with Crippen LogP contribution in [0.1, 0.15) is 39.5 Å². The van der Waals surface area contributed by atoms with Gasteiger partial charge in [0.15, 0.2) is 0 Å². The molecule has 0 radical (unpaired) electrons.